The summed E-state index contributed by atoms with van der Waals surface area (Å²) in [5, 5.41) is 13.9. The van der Waals surface area contributed by atoms with Crippen LogP contribution in [0, 0.1) is 6.92 Å². The van der Waals surface area contributed by atoms with Gasteiger partial charge in [0, 0.05) is 47.6 Å². The lowest BCUT2D eigenvalue weighted by Gasteiger charge is -2.19. The van der Waals surface area contributed by atoms with Crippen molar-refractivity contribution in [3.05, 3.63) is 72.4 Å². The summed E-state index contributed by atoms with van der Waals surface area (Å²) in [4.78, 5) is 24.0. The van der Waals surface area contributed by atoms with E-state index in [1.165, 1.54) is 11.8 Å². The number of hydrogen-bond acceptors (Lipinski definition) is 7. The Morgan fingerprint density at radius 3 is 2.45 bits per heavy atom. The lowest BCUT2D eigenvalue weighted by molar-refractivity contribution is -0.115. The number of para-hydroxylation sites is 1. The number of nitrogens with one attached hydrogen (secondary N) is 3. The molecule has 4 aromatic rings. The number of carbonyl (C=O) groups is 1. The highest BCUT2D eigenvalue weighted by molar-refractivity contribution is 7.99. The van der Waals surface area contributed by atoms with Crippen LogP contribution in [0.2, 0.25) is 0 Å². The predicted octanol–water partition coefficient (Wildman–Crippen LogP) is 5.52. The van der Waals surface area contributed by atoms with Crippen molar-refractivity contribution >= 4 is 46.5 Å². The highest BCUT2D eigenvalue weighted by Crippen LogP contribution is 2.31. The van der Waals surface area contributed by atoms with E-state index in [1.807, 2.05) is 92.5 Å². The standard InChI is InChI=1S/C24H25N7OS/c1-4-23(32)25-17-10-12-19(13-11-17)33-24-27-20(26-21-14-16(2)29-30-21)15-22(28-24)31(3)18-8-6-5-7-9-18/h5-15H,4H2,1-3H3,(H,25,32)(H2,26,27,28,29,30). The molecule has 0 saturated carbocycles. The smallest absolute Gasteiger partial charge is 0.224 e. The third kappa shape index (κ3) is 5.89. The van der Waals surface area contributed by atoms with E-state index in [9.17, 15) is 4.79 Å². The predicted molar refractivity (Wildman–Crippen MR) is 133 cm³/mol. The Balaban J connectivity index is 1.61. The molecule has 33 heavy (non-hydrogen) atoms. The molecule has 0 unspecified atom stereocenters. The largest absolute Gasteiger partial charge is 0.329 e. The number of anilines is 5. The molecule has 0 saturated heterocycles. The van der Waals surface area contributed by atoms with E-state index in [-0.39, 0.29) is 5.91 Å². The van der Waals surface area contributed by atoms with Gasteiger partial charge in [0.15, 0.2) is 11.0 Å². The van der Waals surface area contributed by atoms with Gasteiger partial charge in [-0.3, -0.25) is 9.89 Å². The van der Waals surface area contributed by atoms with Crippen LogP contribution in [0.15, 0.2) is 76.8 Å². The van der Waals surface area contributed by atoms with E-state index in [0.717, 1.165) is 27.8 Å². The van der Waals surface area contributed by atoms with Crippen LogP contribution >= 0.6 is 11.8 Å². The van der Waals surface area contributed by atoms with E-state index in [0.29, 0.717) is 23.2 Å². The quantitative estimate of drug-likeness (QED) is 0.298. The van der Waals surface area contributed by atoms with E-state index in [1.54, 1.807) is 0 Å². The summed E-state index contributed by atoms with van der Waals surface area (Å²) in [5.41, 5.74) is 2.74. The zero-order valence-corrected chi connectivity index (χ0v) is 19.5. The van der Waals surface area contributed by atoms with E-state index >= 15 is 0 Å². The monoisotopic (exact) mass is 459 g/mol. The number of nitrogens with zero attached hydrogens (tertiary/aromatic N) is 4. The van der Waals surface area contributed by atoms with Crippen LogP contribution in [0.5, 0.6) is 0 Å². The number of rotatable bonds is 8. The van der Waals surface area contributed by atoms with Crippen molar-refractivity contribution in [1.82, 2.24) is 20.2 Å². The summed E-state index contributed by atoms with van der Waals surface area (Å²) in [6.07, 6.45) is 0.442. The van der Waals surface area contributed by atoms with Gasteiger partial charge in [-0.15, -0.1) is 0 Å². The maximum Gasteiger partial charge on any atom is 0.224 e. The van der Waals surface area contributed by atoms with Crippen LogP contribution in [-0.4, -0.2) is 33.1 Å². The van der Waals surface area contributed by atoms with Crippen molar-refractivity contribution in [2.75, 3.05) is 22.6 Å². The molecule has 168 valence electrons. The molecule has 0 fully saturated rings. The van der Waals surface area contributed by atoms with Crippen molar-refractivity contribution in [2.24, 2.45) is 0 Å². The van der Waals surface area contributed by atoms with Crippen molar-refractivity contribution in [3.63, 3.8) is 0 Å². The molecule has 0 bridgehead atoms. The van der Waals surface area contributed by atoms with Crippen LogP contribution in [0.25, 0.3) is 0 Å². The summed E-state index contributed by atoms with van der Waals surface area (Å²) in [5.74, 6) is 2.06. The topological polar surface area (TPSA) is 98.8 Å². The van der Waals surface area contributed by atoms with Gasteiger partial charge < -0.3 is 15.5 Å². The molecule has 2 heterocycles. The van der Waals surface area contributed by atoms with Gasteiger partial charge in [-0.25, -0.2) is 9.97 Å². The van der Waals surface area contributed by atoms with Crippen molar-refractivity contribution in [3.8, 4) is 0 Å². The molecule has 0 atom stereocenters. The van der Waals surface area contributed by atoms with Crippen molar-refractivity contribution in [2.45, 2.75) is 30.3 Å². The fraction of sp³-hybridized carbons (Fsp3) is 0.167. The molecular formula is C24H25N7OS. The highest BCUT2D eigenvalue weighted by Gasteiger charge is 2.13. The highest BCUT2D eigenvalue weighted by atomic mass is 32.2. The van der Waals surface area contributed by atoms with Gasteiger partial charge in [-0.05, 0) is 55.1 Å². The lowest BCUT2D eigenvalue weighted by Crippen LogP contribution is -2.12. The van der Waals surface area contributed by atoms with E-state index in [4.69, 9.17) is 4.98 Å². The molecule has 1 amide bonds. The first-order valence-electron chi connectivity index (χ1n) is 10.5. The van der Waals surface area contributed by atoms with Crippen LogP contribution in [-0.2, 0) is 4.79 Å². The summed E-state index contributed by atoms with van der Waals surface area (Å²) in [6, 6.07) is 21.5. The maximum absolute atomic E-state index is 11.6. The minimum absolute atomic E-state index is 0.0142. The molecule has 2 aromatic heterocycles. The second-order valence-corrected chi connectivity index (χ2v) is 8.42. The fourth-order valence-corrected chi connectivity index (χ4v) is 3.82. The first kappa shape index (κ1) is 22.3. The van der Waals surface area contributed by atoms with Crippen LogP contribution < -0.4 is 15.5 Å². The Morgan fingerprint density at radius 2 is 1.79 bits per heavy atom. The number of hydrogen-bond donors (Lipinski definition) is 3. The van der Waals surface area contributed by atoms with Gasteiger partial charge in [0.25, 0.3) is 0 Å². The number of benzene rings is 2. The second-order valence-electron chi connectivity index (χ2n) is 7.38. The number of amides is 1. The summed E-state index contributed by atoms with van der Waals surface area (Å²) >= 11 is 1.45. The first-order chi connectivity index (χ1) is 16.0. The molecule has 9 heteroatoms. The molecule has 2 aromatic carbocycles. The number of aromatic amines is 1. The first-order valence-corrected chi connectivity index (χ1v) is 11.4. The Hall–Kier alpha value is -3.85. The number of carbonyl (C=O) groups excluding carboxylic acids is 1. The Kier molecular flexibility index (Phi) is 6.89. The van der Waals surface area contributed by atoms with Gasteiger partial charge in [0.1, 0.15) is 11.6 Å². The zero-order chi connectivity index (χ0) is 23.2. The Bertz CT molecular complexity index is 1230. The van der Waals surface area contributed by atoms with Crippen LogP contribution in [0.1, 0.15) is 19.0 Å². The van der Waals surface area contributed by atoms with Crippen LogP contribution in [0.4, 0.5) is 28.8 Å². The summed E-state index contributed by atoms with van der Waals surface area (Å²) in [6.45, 7) is 3.77. The van der Waals surface area contributed by atoms with Gasteiger partial charge in [0.2, 0.25) is 5.91 Å². The number of aryl methyl sites for hydroxylation is 1. The van der Waals surface area contributed by atoms with Gasteiger partial charge in [0.05, 0.1) is 0 Å². The minimum Gasteiger partial charge on any atom is -0.329 e. The summed E-state index contributed by atoms with van der Waals surface area (Å²) < 4.78 is 0. The molecule has 0 radical (unpaired) electrons. The maximum atomic E-state index is 11.6. The average molecular weight is 460 g/mol. The zero-order valence-electron chi connectivity index (χ0n) is 18.7. The van der Waals surface area contributed by atoms with Gasteiger partial charge in [-0.2, -0.15) is 5.10 Å². The average Bonchev–Trinajstić information content (AvgIpc) is 3.24. The fourth-order valence-electron chi connectivity index (χ4n) is 3.05. The minimum atomic E-state index is -0.0142. The third-order valence-electron chi connectivity index (χ3n) is 4.81. The van der Waals surface area contributed by atoms with Gasteiger partial charge >= 0.3 is 0 Å². The third-order valence-corrected chi connectivity index (χ3v) is 5.68. The molecule has 8 nitrogen and oxygen atoms in total. The number of H-pyrrole nitrogens is 1. The Morgan fingerprint density at radius 1 is 1.03 bits per heavy atom. The SMILES string of the molecule is CCC(=O)Nc1ccc(Sc2nc(Nc3cc(C)[nH]n3)cc(N(C)c3ccccc3)n2)cc1. The molecule has 0 aliphatic heterocycles. The van der Waals surface area contributed by atoms with Gasteiger partial charge in [-0.1, -0.05) is 25.1 Å². The van der Waals surface area contributed by atoms with E-state index in [2.05, 4.69) is 25.8 Å². The molecule has 0 aliphatic carbocycles. The molecule has 4 rings (SSSR count). The molecule has 0 aliphatic rings. The van der Waals surface area contributed by atoms with Crippen LogP contribution in [0.3, 0.4) is 0 Å². The van der Waals surface area contributed by atoms with E-state index < -0.39 is 0 Å². The molecular weight excluding hydrogens is 434 g/mol. The molecule has 0 spiro atoms. The summed E-state index contributed by atoms with van der Waals surface area (Å²) in [7, 11) is 1.97. The Labute approximate surface area is 196 Å². The van der Waals surface area contributed by atoms with Crippen molar-refractivity contribution < 1.29 is 4.79 Å². The second kappa shape index (κ2) is 10.2. The van der Waals surface area contributed by atoms with Crippen molar-refractivity contribution in [1.29, 1.82) is 0 Å². The lowest BCUT2D eigenvalue weighted by atomic mass is 10.3. The normalized spacial score (nSPS) is 10.6. The number of aromatic nitrogens is 4. The molecule has 3 N–H and O–H groups in total.